The lowest BCUT2D eigenvalue weighted by Gasteiger charge is -2.04. The van der Waals surface area contributed by atoms with Gasteiger partial charge >= 0.3 is 0 Å². The minimum atomic E-state index is -0.0475. The maximum Gasteiger partial charge on any atom is 0.181 e. The first-order valence-corrected chi connectivity index (χ1v) is 5.71. The predicted molar refractivity (Wildman–Crippen MR) is 67.8 cm³/mol. The summed E-state index contributed by atoms with van der Waals surface area (Å²) in [6.07, 6.45) is 2.05. The van der Waals surface area contributed by atoms with E-state index >= 15 is 0 Å². The summed E-state index contributed by atoms with van der Waals surface area (Å²) in [5, 5.41) is 8.49. The molecule has 1 aromatic heterocycles. The summed E-state index contributed by atoms with van der Waals surface area (Å²) in [5.41, 5.74) is 1.52. The van der Waals surface area contributed by atoms with Crippen molar-refractivity contribution in [1.82, 2.24) is 9.55 Å². The molecule has 0 saturated heterocycles. The molecule has 0 aliphatic carbocycles. The highest BCUT2D eigenvalue weighted by atomic mass is 16.1. The second kappa shape index (κ2) is 5.28. The molecule has 2 aromatic rings. The summed E-state index contributed by atoms with van der Waals surface area (Å²) in [4.78, 5) is 16.1. The van der Waals surface area contributed by atoms with Crippen molar-refractivity contribution in [3.8, 4) is 17.5 Å². The Balaban J connectivity index is 2.30. The van der Waals surface area contributed by atoms with Crippen LogP contribution in [0, 0.1) is 11.3 Å². The van der Waals surface area contributed by atoms with Crippen molar-refractivity contribution in [2.75, 3.05) is 0 Å². The molecule has 0 aliphatic rings. The van der Waals surface area contributed by atoms with Gasteiger partial charge in [0.05, 0.1) is 12.3 Å². The summed E-state index contributed by atoms with van der Waals surface area (Å²) in [6, 6.07) is 11.7. The van der Waals surface area contributed by atoms with Crippen molar-refractivity contribution in [1.29, 1.82) is 5.26 Å². The molecule has 0 fully saturated rings. The van der Waals surface area contributed by atoms with Crippen molar-refractivity contribution in [3.05, 3.63) is 42.2 Å². The van der Waals surface area contributed by atoms with Crippen LogP contribution in [0.15, 0.2) is 36.5 Å². The fraction of sp³-hybridized carbons (Fsp3) is 0.214. The van der Waals surface area contributed by atoms with Crippen molar-refractivity contribution >= 4 is 5.78 Å². The number of carbonyl (C=O) groups is 1. The van der Waals surface area contributed by atoms with E-state index in [4.69, 9.17) is 5.26 Å². The summed E-state index contributed by atoms with van der Waals surface area (Å²) in [5.74, 6) is 0.713. The summed E-state index contributed by atoms with van der Waals surface area (Å²) in [7, 11) is 1.81. The van der Waals surface area contributed by atoms with Crippen molar-refractivity contribution in [2.45, 2.75) is 12.8 Å². The normalized spacial score (nSPS) is 10.0. The van der Waals surface area contributed by atoms with Crippen LogP contribution in [-0.4, -0.2) is 15.3 Å². The molecule has 4 nitrogen and oxygen atoms in total. The van der Waals surface area contributed by atoms with Crippen molar-refractivity contribution < 1.29 is 4.79 Å². The first kappa shape index (κ1) is 12.1. The Kier molecular flexibility index (Phi) is 3.54. The zero-order valence-electron chi connectivity index (χ0n) is 10.1. The van der Waals surface area contributed by atoms with Gasteiger partial charge in [-0.15, -0.1) is 0 Å². The topological polar surface area (TPSA) is 58.7 Å². The van der Waals surface area contributed by atoms with Gasteiger partial charge in [0, 0.05) is 25.5 Å². The molecule has 0 N–H and O–H groups in total. The molecule has 0 saturated carbocycles. The van der Waals surface area contributed by atoms with Crippen LogP contribution in [0.2, 0.25) is 0 Å². The van der Waals surface area contributed by atoms with Gasteiger partial charge in [0.25, 0.3) is 0 Å². The van der Waals surface area contributed by atoms with Gasteiger partial charge in [-0.1, -0.05) is 30.3 Å². The van der Waals surface area contributed by atoms with E-state index in [0.29, 0.717) is 5.69 Å². The number of hydrogen-bond acceptors (Lipinski definition) is 3. The minimum Gasteiger partial charge on any atom is -0.325 e. The Morgan fingerprint density at radius 3 is 2.78 bits per heavy atom. The molecule has 4 heteroatoms. The van der Waals surface area contributed by atoms with Crippen LogP contribution >= 0.6 is 0 Å². The van der Waals surface area contributed by atoms with E-state index in [2.05, 4.69) is 4.98 Å². The van der Waals surface area contributed by atoms with E-state index in [0.717, 1.165) is 11.4 Å². The smallest absolute Gasteiger partial charge is 0.181 e. The van der Waals surface area contributed by atoms with Crippen LogP contribution < -0.4 is 0 Å². The molecule has 0 radical (unpaired) electrons. The largest absolute Gasteiger partial charge is 0.325 e. The Morgan fingerprint density at radius 2 is 2.11 bits per heavy atom. The first-order chi connectivity index (χ1) is 8.74. The highest BCUT2D eigenvalue weighted by Crippen LogP contribution is 2.18. The fourth-order valence-corrected chi connectivity index (χ4v) is 1.82. The molecule has 1 heterocycles. The molecule has 0 spiro atoms. The van der Waals surface area contributed by atoms with E-state index in [9.17, 15) is 4.79 Å². The lowest BCUT2D eigenvalue weighted by atomic mass is 10.2. The number of ketones is 1. The number of hydrogen-bond donors (Lipinski definition) is 0. The number of rotatable bonds is 4. The zero-order valence-corrected chi connectivity index (χ0v) is 10.1. The predicted octanol–water partition coefficient (Wildman–Crippen LogP) is 2.57. The van der Waals surface area contributed by atoms with E-state index in [1.165, 1.54) is 0 Å². The lowest BCUT2D eigenvalue weighted by molar-refractivity contribution is 0.0976. The maximum absolute atomic E-state index is 11.9. The number of carbonyl (C=O) groups excluding carboxylic acids is 1. The third-order valence-corrected chi connectivity index (χ3v) is 2.77. The molecule has 18 heavy (non-hydrogen) atoms. The van der Waals surface area contributed by atoms with Crippen LogP contribution in [0.4, 0.5) is 0 Å². The Morgan fingerprint density at radius 1 is 1.39 bits per heavy atom. The van der Waals surface area contributed by atoms with Gasteiger partial charge in [0.2, 0.25) is 0 Å². The summed E-state index contributed by atoms with van der Waals surface area (Å²) < 4.78 is 1.77. The highest BCUT2D eigenvalue weighted by molar-refractivity contribution is 5.95. The molecule has 0 unspecified atom stereocenters. The van der Waals surface area contributed by atoms with E-state index < -0.39 is 0 Å². The number of Topliss-reactive ketones (excluding diaryl/α,β-unsaturated/α-hetero) is 1. The zero-order chi connectivity index (χ0) is 13.0. The minimum absolute atomic E-state index is 0.0475. The first-order valence-electron chi connectivity index (χ1n) is 5.71. The SMILES string of the molecule is Cn1c(C(=O)CCC#N)cnc1-c1ccccc1. The van der Waals surface area contributed by atoms with E-state index in [1.807, 2.05) is 43.4 Å². The van der Waals surface area contributed by atoms with Crippen LogP contribution in [-0.2, 0) is 7.05 Å². The molecule has 2 rings (SSSR count). The molecular formula is C14H13N3O. The lowest BCUT2D eigenvalue weighted by Crippen LogP contribution is -2.06. The Hall–Kier alpha value is -2.41. The average molecular weight is 239 g/mol. The second-order valence-electron chi connectivity index (χ2n) is 3.97. The second-order valence-corrected chi connectivity index (χ2v) is 3.97. The number of nitriles is 1. The molecular weight excluding hydrogens is 226 g/mol. The summed E-state index contributed by atoms with van der Waals surface area (Å²) >= 11 is 0. The van der Waals surface area contributed by atoms with Gasteiger partial charge in [-0.25, -0.2) is 4.98 Å². The monoisotopic (exact) mass is 239 g/mol. The van der Waals surface area contributed by atoms with Crippen LogP contribution in [0.5, 0.6) is 0 Å². The van der Waals surface area contributed by atoms with Crippen LogP contribution in [0.1, 0.15) is 23.3 Å². The molecule has 90 valence electrons. The van der Waals surface area contributed by atoms with Gasteiger partial charge in [-0.3, -0.25) is 4.79 Å². The Bertz CT molecular complexity index is 593. The standard InChI is InChI=1S/C14H13N3O/c1-17-12(13(18)8-5-9-15)10-16-14(17)11-6-3-2-4-7-11/h2-4,6-7,10H,5,8H2,1H3. The Labute approximate surface area is 106 Å². The van der Waals surface area contributed by atoms with Crippen molar-refractivity contribution in [3.63, 3.8) is 0 Å². The molecule has 0 amide bonds. The van der Waals surface area contributed by atoms with Gasteiger partial charge in [0.1, 0.15) is 11.5 Å². The molecule has 0 atom stereocenters. The number of aromatic nitrogens is 2. The molecule has 0 bridgehead atoms. The van der Waals surface area contributed by atoms with E-state index in [1.54, 1.807) is 10.8 Å². The van der Waals surface area contributed by atoms with Gasteiger partial charge in [0.15, 0.2) is 5.78 Å². The quantitative estimate of drug-likeness (QED) is 0.770. The number of imidazole rings is 1. The highest BCUT2D eigenvalue weighted by Gasteiger charge is 2.14. The van der Waals surface area contributed by atoms with Gasteiger partial charge < -0.3 is 4.57 Å². The van der Waals surface area contributed by atoms with Crippen LogP contribution in [0.3, 0.4) is 0 Å². The fourth-order valence-electron chi connectivity index (χ4n) is 1.82. The number of benzene rings is 1. The van der Waals surface area contributed by atoms with E-state index in [-0.39, 0.29) is 18.6 Å². The molecule has 0 aliphatic heterocycles. The van der Waals surface area contributed by atoms with Gasteiger partial charge in [-0.05, 0) is 0 Å². The maximum atomic E-state index is 11.9. The number of nitrogens with zero attached hydrogens (tertiary/aromatic N) is 3. The molecule has 1 aromatic carbocycles. The average Bonchev–Trinajstić information content (AvgIpc) is 2.79. The van der Waals surface area contributed by atoms with Crippen LogP contribution in [0.25, 0.3) is 11.4 Å². The van der Waals surface area contributed by atoms with Gasteiger partial charge in [-0.2, -0.15) is 5.26 Å². The third kappa shape index (κ3) is 2.30. The summed E-state index contributed by atoms with van der Waals surface area (Å²) in [6.45, 7) is 0. The third-order valence-electron chi connectivity index (χ3n) is 2.77. The van der Waals surface area contributed by atoms with Crippen molar-refractivity contribution in [2.24, 2.45) is 7.05 Å².